The Morgan fingerprint density at radius 1 is 1.05 bits per heavy atom. The van der Waals surface area contributed by atoms with Crippen LogP contribution in [0, 0.1) is 18.6 Å². The van der Waals surface area contributed by atoms with Crippen LogP contribution in [-0.2, 0) is 6.42 Å². The Bertz CT molecular complexity index is 549. The molecule has 1 nitrogen and oxygen atoms in total. The highest BCUT2D eigenvalue weighted by Gasteiger charge is 2.07. The van der Waals surface area contributed by atoms with E-state index in [9.17, 15) is 8.78 Å². The van der Waals surface area contributed by atoms with E-state index in [-0.39, 0.29) is 17.7 Å². The maximum atomic E-state index is 13.6. The minimum atomic E-state index is -0.253. The van der Waals surface area contributed by atoms with Crippen molar-refractivity contribution in [3.63, 3.8) is 0 Å². The molecule has 0 amide bonds. The Kier molecular flexibility index (Phi) is 4.15. The molecule has 2 aromatic rings. The molecule has 1 atom stereocenters. The molecule has 0 bridgehead atoms. The van der Waals surface area contributed by atoms with Crippen LogP contribution in [0.3, 0.4) is 0 Å². The van der Waals surface area contributed by atoms with Gasteiger partial charge in [-0.15, -0.1) is 0 Å². The van der Waals surface area contributed by atoms with Crippen molar-refractivity contribution < 1.29 is 8.78 Å². The van der Waals surface area contributed by atoms with E-state index in [2.05, 4.69) is 5.32 Å². The lowest BCUT2D eigenvalue weighted by Crippen LogP contribution is -2.19. The molecule has 0 spiro atoms. The third-order valence-electron chi connectivity index (χ3n) is 2.98. The second-order valence-electron chi connectivity index (χ2n) is 4.86. The van der Waals surface area contributed by atoms with Gasteiger partial charge in [0, 0.05) is 6.04 Å². The summed E-state index contributed by atoms with van der Waals surface area (Å²) in [5.74, 6) is -0.495. The second-order valence-corrected chi connectivity index (χ2v) is 4.86. The van der Waals surface area contributed by atoms with Gasteiger partial charge in [-0.2, -0.15) is 0 Å². The van der Waals surface area contributed by atoms with E-state index in [0.717, 1.165) is 11.1 Å². The van der Waals surface area contributed by atoms with Gasteiger partial charge in [-0.05, 0) is 55.7 Å². The van der Waals surface area contributed by atoms with Gasteiger partial charge in [0.25, 0.3) is 0 Å². The Hall–Kier alpha value is -1.90. The lowest BCUT2D eigenvalue weighted by molar-refractivity contribution is 0.623. The smallest absolute Gasteiger partial charge is 0.146 e. The van der Waals surface area contributed by atoms with Crippen molar-refractivity contribution in [1.29, 1.82) is 0 Å². The summed E-state index contributed by atoms with van der Waals surface area (Å²) in [5, 5.41) is 3.15. The molecule has 0 heterocycles. The zero-order valence-electron chi connectivity index (χ0n) is 11.1. The zero-order chi connectivity index (χ0) is 13.8. The van der Waals surface area contributed by atoms with Gasteiger partial charge >= 0.3 is 0 Å². The first-order valence-electron chi connectivity index (χ1n) is 6.32. The Balaban J connectivity index is 2.02. The molecule has 0 aromatic heterocycles. The van der Waals surface area contributed by atoms with Gasteiger partial charge < -0.3 is 5.32 Å². The molecule has 0 aliphatic rings. The van der Waals surface area contributed by atoms with Crippen LogP contribution in [0.25, 0.3) is 0 Å². The number of aryl methyl sites for hydroxylation is 1. The monoisotopic (exact) mass is 261 g/mol. The summed E-state index contributed by atoms with van der Waals surface area (Å²) in [6, 6.07) is 11.4. The quantitative estimate of drug-likeness (QED) is 0.864. The molecule has 0 fully saturated rings. The normalized spacial score (nSPS) is 12.2. The standard InChI is InChI=1S/C16H17F2N/c1-11-3-8-15(18)16(9-11)19-12(2)10-13-4-6-14(17)7-5-13/h3-9,12,19H,10H2,1-2H3. The van der Waals surface area contributed by atoms with Gasteiger partial charge in [0.1, 0.15) is 11.6 Å². The molecule has 1 unspecified atom stereocenters. The molecule has 0 aliphatic heterocycles. The molecular weight excluding hydrogens is 244 g/mol. The maximum Gasteiger partial charge on any atom is 0.146 e. The summed E-state index contributed by atoms with van der Waals surface area (Å²) >= 11 is 0. The van der Waals surface area contributed by atoms with Crippen LogP contribution in [0.2, 0.25) is 0 Å². The van der Waals surface area contributed by atoms with Crippen LogP contribution in [0.5, 0.6) is 0 Å². The van der Waals surface area contributed by atoms with Gasteiger partial charge in [-0.3, -0.25) is 0 Å². The van der Waals surface area contributed by atoms with Crippen LogP contribution < -0.4 is 5.32 Å². The molecule has 0 saturated heterocycles. The van der Waals surface area contributed by atoms with E-state index in [4.69, 9.17) is 0 Å². The third kappa shape index (κ3) is 3.78. The molecule has 19 heavy (non-hydrogen) atoms. The summed E-state index contributed by atoms with van der Waals surface area (Å²) in [6.07, 6.45) is 0.716. The molecule has 0 saturated carbocycles. The number of hydrogen-bond donors (Lipinski definition) is 1. The first-order chi connectivity index (χ1) is 9.04. The summed E-state index contributed by atoms with van der Waals surface area (Å²) in [7, 11) is 0. The van der Waals surface area contributed by atoms with Crippen molar-refractivity contribution in [2.24, 2.45) is 0 Å². The van der Waals surface area contributed by atoms with Crippen molar-refractivity contribution in [1.82, 2.24) is 0 Å². The molecule has 100 valence electrons. The summed E-state index contributed by atoms with van der Waals surface area (Å²) < 4.78 is 26.4. The van der Waals surface area contributed by atoms with Crippen molar-refractivity contribution in [2.45, 2.75) is 26.3 Å². The molecular formula is C16H17F2N. The average molecular weight is 261 g/mol. The number of anilines is 1. The topological polar surface area (TPSA) is 12.0 Å². The van der Waals surface area contributed by atoms with Crippen LogP contribution in [0.4, 0.5) is 14.5 Å². The third-order valence-corrected chi connectivity index (χ3v) is 2.98. The van der Waals surface area contributed by atoms with Crippen LogP contribution in [0.15, 0.2) is 42.5 Å². The van der Waals surface area contributed by atoms with Crippen LogP contribution >= 0.6 is 0 Å². The minimum absolute atomic E-state index is 0.0711. The molecule has 3 heteroatoms. The summed E-state index contributed by atoms with van der Waals surface area (Å²) in [6.45, 7) is 3.90. The van der Waals surface area contributed by atoms with Gasteiger partial charge in [-0.25, -0.2) is 8.78 Å². The summed E-state index contributed by atoms with van der Waals surface area (Å²) in [5.41, 5.74) is 2.54. The van der Waals surface area contributed by atoms with E-state index in [1.807, 2.05) is 13.8 Å². The highest BCUT2D eigenvalue weighted by atomic mass is 19.1. The van der Waals surface area contributed by atoms with Crippen LogP contribution in [0.1, 0.15) is 18.1 Å². The highest BCUT2D eigenvalue weighted by molar-refractivity contribution is 5.47. The number of nitrogens with one attached hydrogen (secondary N) is 1. The molecule has 0 aliphatic carbocycles. The number of hydrogen-bond acceptors (Lipinski definition) is 1. The lowest BCUT2D eigenvalue weighted by Gasteiger charge is -2.16. The molecule has 0 radical (unpaired) electrons. The van der Waals surface area contributed by atoms with Gasteiger partial charge in [0.05, 0.1) is 5.69 Å². The van der Waals surface area contributed by atoms with E-state index in [1.54, 1.807) is 24.3 Å². The van der Waals surface area contributed by atoms with E-state index >= 15 is 0 Å². The Labute approximate surface area is 112 Å². The SMILES string of the molecule is Cc1ccc(F)c(NC(C)Cc2ccc(F)cc2)c1. The Morgan fingerprint density at radius 3 is 2.42 bits per heavy atom. The number of benzene rings is 2. The maximum absolute atomic E-state index is 13.6. The molecule has 2 aromatic carbocycles. The average Bonchev–Trinajstić information content (AvgIpc) is 2.37. The lowest BCUT2D eigenvalue weighted by atomic mass is 10.1. The predicted octanol–water partition coefficient (Wildman–Crippen LogP) is 4.32. The highest BCUT2D eigenvalue weighted by Crippen LogP contribution is 2.17. The van der Waals surface area contributed by atoms with Gasteiger partial charge in [0.2, 0.25) is 0 Å². The number of rotatable bonds is 4. The van der Waals surface area contributed by atoms with E-state index in [1.165, 1.54) is 18.2 Å². The Morgan fingerprint density at radius 2 is 1.74 bits per heavy atom. The first-order valence-corrected chi connectivity index (χ1v) is 6.32. The van der Waals surface area contributed by atoms with Crippen molar-refractivity contribution in [2.75, 3.05) is 5.32 Å². The predicted molar refractivity (Wildman–Crippen MR) is 74.3 cm³/mol. The van der Waals surface area contributed by atoms with Crippen molar-refractivity contribution >= 4 is 5.69 Å². The fourth-order valence-corrected chi connectivity index (χ4v) is 2.04. The second kappa shape index (κ2) is 5.83. The zero-order valence-corrected chi connectivity index (χ0v) is 11.1. The molecule has 1 N–H and O–H groups in total. The number of halogens is 2. The van der Waals surface area contributed by atoms with E-state index in [0.29, 0.717) is 12.1 Å². The fourth-order valence-electron chi connectivity index (χ4n) is 2.04. The fraction of sp³-hybridized carbons (Fsp3) is 0.250. The van der Waals surface area contributed by atoms with Crippen LogP contribution in [-0.4, -0.2) is 6.04 Å². The summed E-state index contributed by atoms with van der Waals surface area (Å²) in [4.78, 5) is 0. The van der Waals surface area contributed by atoms with Crippen molar-refractivity contribution in [3.05, 3.63) is 65.2 Å². The van der Waals surface area contributed by atoms with Gasteiger partial charge in [-0.1, -0.05) is 18.2 Å². The minimum Gasteiger partial charge on any atom is -0.380 e. The van der Waals surface area contributed by atoms with Gasteiger partial charge in [0.15, 0.2) is 0 Å². The van der Waals surface area contributed by atoms with Crippen molar-refractivity contribution in [3.8, 4) is 0 Å². The van der Waals surface area contributed by atoms with E-state index < -0.39 is 0 Å². The first kappa shape index (κ1) is 13.5. The molecule has 2 rings (SSSR count). The largest absolute Gasteiger partial charge is 0.380 e.